The van der Waals surface area contributed by atoms with Crippen LogP contribution in [0.4, 0.5) is 17.1 Å². The van der Waals surface area contributed by atoms with E-state index in [0.717, 1.165) is 45.2 Å². The third-order valence-corrected chi connectivity index (χ3v) is 10.7. The van der Waals surface area contributed by atoms with Crippen LogP contribution in [0.2, 0.25) is 0 Å². The minimum Gasteiger partial charge on any atom is -0.456 e. The molecule has 2 aliphatic carbocycles. The van der Waals surface area contributed by atoms with Crippen LogP contribution < -0.4 is 4.90 Å². The Labute approximate surface area is 280 Å². The van der Waals surface area contributed by atoms with Crippen LogP contribution in [0.5, 0.6) is 0 Å². The van der Waals surface area contributed by atoms with Crippen molar-refractivity contribution in [3.8, 4) is 33.4 Å². The van der Waals surface area contributed by atoms with E-state index in [0.29, 0.717) is 0 Å². The molecular formula is C46H33NO. The minimum absolute atomic E-state index is 0.0946. The number of anilines is 3. The van der Waals surface area contributed by atoms with E-state index in [4.69, 9.17) is 4.42 Å². The predicted octanol–water partition coefficient (Wildman–Crippen LogP) is 12.6. The first kappa shape index (κ1) is 27.3. The van der Waals surface area contributed by atoms with Crippen LogP contribution in [0.1, 0.15) is 36.1 Å². The molecule has 0 atom stereocenters. The van der Waals surface area contributed by atoms with Gasteiger partial charge in [0, 0.05) is 33.0 Å². The molecule has 1 heterocycles. The number of benzene rings is 7. The Morgan fingerprint density at radius 2 is 1.17 bits per heavy atom. The van der Waals surface area contributed by atoms with Gasteiger partial charge in [0.2, 0.25) is 0 Å². The molecule has 0 aliphatic heterocycles. The number of hydrogen-bond acceptors (Lipinski definition) is 2. The zero-order valence-electron chi connectivity index (χ0n) is 27.0. The molecule has 2 aliphatic rings. The summed E-state index contributed by atoms with van der Waals surface area (Å²) in [7, 11) is 0. The van der Waals surface area contributed by atoms with Crippen LogP contribution >= 0.6 is 0 Å². The van der Waals surface area contributed by atoms with Gasteiger partial charge in [-0.2, -0.15) is 0 Å². The monoisotopic (exact) mass is 615 g/mol. The minimum atomic E-state index is -0.0946. The zero-order chi connectivity index (χ0) is 32.0. The summed E-state index contributed by atoms with van der Waals surface area (Å²) in [5.74, 6) is 0. The Balaban J connectivity index is 1.22. The number of nitrogens with zero attached hydrogens (tertiary/aromatic N) is 1. The van der Waals surface area contributed by atoms with Gasteiger partial charge in [0.1, 0.15) is 11.2 Å². The highest BCUT2D eigenvalue weighted by molar-refractivity contribution is 6.06. The van der Waals surface area contributed by atoms with Crippen molar-refractivity contribution in [3.05, 3.63) is 174 Å². The highest BCUT2D eigenvalue weighted by Gasteiger charge is 2.38. The van der Waals surface area contributed by atoms with Crippen molar-refractivity contribution in [3.63, 3.8) is 0 Å². The van der Waals surface area contributed by atoms with Crippen LogP contribution in [-0.2, 0) is 11.8 Å². The molecule has 228 valence electrons. The first-order valence-corrected chi connectivity index (χ1v) is 16.8. The van der Waals surface area contributed by atoms with Crippen molar-refractivity contribution in [2.24, 2.45) is 0 Å². The van der Waals surface area contributed by atoms with Crippen molar-refractivity contribution in [1.82, 2.24) is 0 Å². The van der Waals surface area contributed by atoms with Crippen molar-refractivity contribution >= 4 is 39.0 Å². The number of fused-ring (bicyclic) bond motifs is 9. The van der Waals surface area contributed by atoms with Crippen molar-refractivity contribution in [2.45, 2.75) is 25.7 Å². The van der Waals surface area contributed by atoms with Crippen molar-refractivity contribution < 1.29 is 4.42 Å². The summed E-state index contributed by atoms with van der Waals surface area (Å²) in [6.07, 6.45) is 0.952. The maximum atomic E-state index is 6.31. The van der Waals surface area contributed by atoms with Gasteiger partial charge in [0.05, 0.1) is 11.4 Å². The van der Waals surface area contributed by atoms with E-state index in [2.05, 4.69) is 158 Å². The molecule has 8 aromatic rings. The maximum Gasteiger partial charge on any atom is 0.136 e. The number of rotatable bonds is 4. The summed E-state index contributed by atoms with van der Waals surface area (Å²) in [4.78, 5) is 2.52. The summed E-state index contributed by atoms with van der Waals surface area (Å²) in [6.45, 7) is 4.72. The largest absolute Gasteiger partial charge is 0.456 e. The van der Waals surface area contributed by atoms with E-state index in [1.807, 2.05) is 12.1 Å². The number of para-hydroxylation sites is 1. The van der Waals surface area contributed by atoms with Gasteiger partial charge in [-0.05, 0) is 93.4 Å². The van der Waals surface area contributed by atoms with Crippen LogP contribution in [-0.4, -0.2) is 0 Å². The lowest BCUT2D eigenvalue weighted by Gasteiger charge is -2.31. The van der Waals surface area contributed by atoms with E-state index >= 15 is 0 Å². The molecule has 0 radical (unpaired) electrons. The van der Waals surface area contributed by atoms with Crippen molar-refractivity contribution in [2.75, 3.05) is 4.90 Å². The van der Waals surface area contributed by atoms with E-state index in [9.17, 15) is 0 Å². The zero-order valence-corrected chi connectivity index (χ0v) is 27.0. The summed E-state index contributed by atoms with van der Waals surface area (Å²) >= 11 is 0. The highest BCUT2D eigenvalue weighted by Crippen LogP contribution is 2.56. The van der Waals surface area contributed by atoms with Crippen LogP contribution in [0.15, 0.2) is 156 Å². The summed E-state index contributed by atoms with van der Waals surface area (Å²) in [6, 6.07) is 55.4. The van der Waals surface area contributed by atoms with Crippen LogP contribution in [0.3, 0.4) is 0 Å². The van der Waals surface area contributed by atoms with Gasteiger partial charge in [0.15, 0.2) is 0 Å². The molecule has 48 heavy (non-hydrogen) atoms. The van der Waals surface area contributed by atoms with Gasteiger partial charge in [-0.3, -0.25) is 0 Å². The second-order valence-corrected chi connectivity index (χ2v) is 13.7. The molecule has 10 rings (SSSR count). The topological polar surface area (TPSA) is 16.4 Å². The van der Waals surface area contributed by atoms with Crippen molar-refractivity contribution in [1.29, 1.82) is 0 Å². The lowest BCUT2D eigenvalue weighted by atomic mass is 9.82. The number of furan rings is 1. The molecule has 0 amide bonds. The summed E-state index contributed by atoms with van der Waals surface area (Å²) < 4.78 is 6.31. The molecule has 0 N–H and O–H groups in total. The normalized spacial score (nSPS) is 13.7. The fraction of sp³-hybridized carbons (Fsp3) is 0.0870. The Morgan fingerprint density at radius 1 is 0.500 bits per heavy atom. The molecule has 7 aromatic carbocycles. The first-order chi connectivity index (χ1) is 23.6. The third kappa shape index (κ3) is 3.86. The lowest BCUT2D eigenvalue weighted by molar-refractivity contribution is 0.660. The fourth-order valence-electron chi connectivity index (χ4n) is 8.41. The molecule has 0 unspecified atom stereocenters. The highest BCUT2D eigenvalue weighted by atomic mass is 16.3. The number of hydrogen-bond donors (Lipinski definition) is 0. The Hall–Kier alpha value is -5.86. The Kier molecular flexibility index (Phi) is 5.72. The van der Waals surface area contributed by atoms with Crippen LogP contribution in [0, 0.1) is 0 Å². The van der Waals surface area contributed by atoms with Crippen LogP contribution in [0.25, 0.3) is 55.3 Å². The average molecular weight is 616 g/mol. The molecule has 0 fully saturated rings. The second kappa shape index (κ2) is 10.1. The third-order valence-electron chi connectivity index (χ3n) is 10.7. The standard InChI is InChI=1S/C46H33NO/c1-46(2)38-19-7-5-18-37(38)45-39(46)20-11-22-41(45)47(40-21-10-14-32-26-31-12-3-4-16-34(31)44(32)40)33-15-9-13-29(27-33)30-24-25-36-35-17-6-8-23-42(35)48-43(36)28-30/h3-25,27-28H,26H2,1-2H3. The molecule has 0 saturated carbocycles. The Bertz CT molecular complexity index is 2590. The first-order valence-electron chi connectivity index (χ1n) is 16.8. The summed E-state index contributed by atoms with van der Waals surface area (Å²) in [5, 5.41) is 2.30. The molecule has 2 nitrogen and oxygen atoms in total. The molecule has 2 heteroatoms. The Morgan fingerprint density at radius 3 is 2.08 bits per heavy atom. The maximum absolute atomic E-state index is 6.31. The van der Waals surface area contributed by atoms with Gasteiger partial charge >= 0.3 is 0 Å². The molecular weight excluding hydrogens is 583 g/mol. The lowest BCUT2D eigenvalue weighted by Crippen LogP contribution is -2.16. The quantitative estimate of drug-likeness (QED) is 0.196. The van der Waals surface area contributed by atoms with Gasteiger partial charge < -0.3 is 9.32 Å². The SMILES string of the molecule is CC1(C)c2ccccc2-c2c(N(c3cccc(-c4ccc5c(c4)oc4ccccc45)c3)c3cccc4c3-c3ccccc3C4)cccc21. The van der Waals surface area contributed by atoms with E-state index in [1.54, 1.807) is 0 Å². The fourth-order valence-corrected chi connectivity index (χ4v) is 8.41. The summed E-state index contributed by atoms with van der Waals surface area (Å²) in [5.41, 5.74) is 18.4. The molecule has 0 bridgehead atoms. The second-order valence-electron chi connectivity index (χ2n) is 13.7. The van der Waals surface area contributed by atoms with E-state index in [1.165, 1.54) is 55.9 Å². The smallest absolute Gasteiger partial charge is 0.136 e. The average Bonchev–Trinajstić information content (AvgIpc) is 3.77. The molecule has 0 spiro atoms. The van der Waals surface area contributed by atoms with Gasteiger partial charge in [-0.25, -0.2) is 0 Å². The van der Waals surface area contributed by atoms with Gasteiger partial charge in [-0.1, -0.05) is 123 Å². The van der Waals surface area contributed by atoms with Gasteiger partial charge in [0.25, 0.3) is 0 Å². The predicted molar refractivity (Wildman–Crippen MR) is 200 cm³/mol. The molecule has 1 aromatic heterocycles. The van der Waals surface area contributed by atoms with Gasteiger partial charge in [-0.15, -0.1) is 0 Å². The van der Waals surface area contributed by atoms with E-state index < -0.39 is 0 Å². The van der Waals surface area contributed by atoms with E-state index in [-0.39, 0.29) is 5.41 Å². The molecule has 0 saturated heterocycles.